The number of benzene rings is 2. The molecule has 1 aliphatic rings. The minimum Gasteiger partial charge on any atom is -0.344 e. The second-order valence-corrected chi connectivity index (χ2v) is 7.96. The molecular formula is C24H30FN3O2. The Morgan fingerprint density at radius 2 is 1.93 bits per heavy atom. The summed E-state index contributed by atoms with van der Waals surface area (Å²) < 4.78 is 13.5. The summed E-state index contributed by atoms with van der Waals surface area (Å²) in [4.78, 5) is 28.9. The third kappa shape index (κ3) is 5.66. The molecule has 0 saturated carbocycles. The summed E-state index contributed by atoms with van der Waals surface area (Å²) in [6.07, 6.45) is 2.48. The van der Waals surface area contributed by atoms with Crippen LogP contribution in [0.15, 0.2) is 48.5 Å². The lowest BCUT2D eigenvalue weighted by molar-refractivity contribution is -0.137. The van der Waals surface area contributed by atoms with Gasteiger partial charge >= 0.3 is 11.8 Å². The number of nitrogens with zero attached hydrogens (tertiary/aromatic N) is 2. The maximum absolute atomic E-state index is 13.5. The molecule has 0 radical (unpaired) electrons. The zero-order valence-corrected chi connectivity index (χ0v) is 17.7. The number of likely N-dealkylation sites (N-methyl/N-ethyl adjacent to an activating group) is 1. The average molecular weight is 412 g/mol. The third-order valence-electron chi connectivity index (χ3n) is 5.57. The molecule has 2 aromatic carbocycles. The molecule has 0 aromatic heterocycles. The summed E-state index contributed by atoms with van der Waals surface area (Å²) in [5, 5.41) is 2.74. The Labute approximate surface area is 177 Å². The Kier molecular flexibility index (Phi) is 7.57. The molecule has 1 N–H and O–H groups in total. The number of rotatable bonds is 6. The van der Waals surface area contributed by atoms with Gasteiger partial charge in [-0.3, -0.25) is 14.5 Å². The van der Waals surface area contributed by atoms with E-state index in [4.69, 9.17) is 0 Å². The second-order valence-electron chi connectivity index (χ2n) is 7.96. The van der Waals surface area contributed by atoms with Crippen LogP contribution in [0.5, 0.6) is 0 Å². The zero-order chi connectivity index (χ0) is 21.5. The number of halogens is 1. The van der Waals surface area contributed by atoms with Crippen LogP contribution in [0.2, 0.25) is 0 Å². The zero-order valence-electron chi connectivity index (χ0n) is 17.7. The predicted octanol–water partition coefficient (Wildman–Crippen LogP) is 3.73. The van der Waals surface area contributed by atoms with E-state index in [1.54, 1.807) is 13.0 Å². The van der Waals surface area contributed by atoms with Gasteiger partial charge in [-0.15, -0.1) is 0 Å². The first kappa shape index (κ1) is 22.0. The molecule has 1 saturated heterocycles. The van der Waals surface area contributed by atoms with Gasteiger partial charge in [0.05, 0.1) is 0 Å². The number of piperidine rings is 1. The van der Waals surface area contributed by atoms with Crippen LogP contribution in [-0.4, -0.2) is 36.3 Å². The van der Waals surface area contributed by atoms with Crippen LogP contribution in [-0.2, 0) is 22.7 Å². The van der Waals surface area contributed by atoms with E-state index >= 15 is 0 Å². The van der Waals surface area contributed by atoms with Gasteiger partial charge in [0.2, 0.25) is 0 Å². The van der Waals surface area contributed by atoms with Crippen LogP contribution in [0.4, 0.5) is 10.1 Å². The predicted molar refractivity (Wildman–Crippen MR) is 116 cm³/mol. The van der Waals surface area contributed by atoms with Gasteiger partial charge in [-0.1, -0.05) is 37.3 Å². The van der Waals surface area contributed by atoms with Crippen molar-refractivity contribution in [2.45, 2.75) is 39.8 Å². The number of likely N-dealkylation sites (tertiary alicyclic amines) is 1. The van der Waals surface area contributed by atoms with Crippen molar-refractivity contribution >= 4 is 17.5 Å². The molecule has 5 nitrogen and oxygen atoms in total. The summed E-state index contributed by atoms with van der Waals surface area (Å²) in [5.74, 6) is -1.13. The highest BCUT2D eigenvalue weighted by Crippen LogP contribution is 2.20. The standard InChI is InChI=1S/C24H30FN3O2/c1-3-28(22-12-6-11-21(25)14-22)24(30)23(29)26-15-19-9-4-5-10-20(19)17-27-13-7-8-18(2)16-27/h4-6,9-12,14,18H,3,7-8,13,15-17H2,1-2H3,(H,26,29)/t18-/m1/s1. The van der Waals surface area contributed by atoms with E-state index in [0.717, 1.165) is 30.8 Å². The van der Waals surface area contributed by atoms with E-state index in [1.165, 1.54) is 35.9 Å². The maximum Gasteiger partial charge on any atom is 0.316 e. The summed E-state index contributed by atoms with van der Waals surface area (Å²) >= 11 is 0. The van der Waals surface area contributed by atoms with E-state index in [2.05, 4.69) is 23.2 Å². The Balaban J connectivity index is 1.63. The Hall–Kier alpha value is -2.73. The molecule has 0 bridgehead atoms. The Bertz CT molecular complexity index is 886. The van der Waals surface area contributed by atoms with E-state index in [1.807, 2.05) is 18.2 Å². The van der Waals surface area contributed by atoms with Crippen LogP contribution in [0.3, 0.4) is 0 Å². The Morgan fingerprint density at radius 1 is 1.17 bits per heavy atom. The number of anilines is 1. The Morgan fingerprint density at radius 3 is 2.63 bits per heavy atom. The molecule has 160 valence electrons. The van der Waals surface area contributed by atoms with Gasteiger partial charge in [0.1, 0.15) is 5.82 Å². The monoisotopic (exact) mass is 411 g/mol. The van der Waals surface area contributed by atoms with Gasteiger partial charge in [-0.25, -0.2) is 4.39 Å². The van der Waals surface area contributed by atoms with Gasteiger partial charge in [0, 0.05) is 31.9 Å². The highest BCUT2D eigenvalue weighted by molar-refractivity contribution is 6.40. The number of hydrogen-bond acceptors (Lipinski definition) is 3. The van der Waals surface area contributed by atoms with Crippen molar-refractivity contribution in [1.29, 1.82) is 0 Å². The van der Waals surface area contributed by atoms with Crippen molar-refractivity contribution < 1.29 is 14.0 Å². The van der Waals surface area contributed by atoms with E-state index in [-0.39, 0.29) is 13.1 Å². The van der Waals surface area contributed by atoms with Crippen LogP contribution in [0, 0.1) is 11.7 Å². The number of amides is 2. The fourth-order valence-electron chi connectivity index (χ4n) is 4.02. The van der Waals surface area contributed by atoms with Crippen molar-refractivity contribution in [2.75, 3.05) is 24.5 Å². The van der Waals surface area contributed by atoms with Gasteiger partial charge in [0.25, 0.3) is 0 Å². The summed E-state index contributed by atoms with van der Waals surface area (Å²) in [6.45, 7) is 7.60. The third-order valence-corrected chi connectivity index (χ3v) is 5.57. The van der Waals surface area contributed by atoms with Crippen LogP contribution in [0.1, 0.15) is 37.8 Å². The molecular weight excluding hydrogens is 381 g/mol. The molecule has 0 unspecified atom stereocenters. The van der Waals surface area contributed by atoms with Gasteiger partial charge in [-0.2, -0.15) is 0 Å². The summed E-state index contributed by atoms with van der Waals surface area (Å²) in [7, 11) is 0. The first-order valence-electron chi connectivity index (χ1n) is 10.6. The molecule has 2 amide bonds. The van der Waals surface area contributed by atoms with Crippen LogP contribution < -0.4 is 10.2 Å². The molecule has 2 aromatic rings. The number of nitrogens with one attached hydrogen (secondary N) is 1. The molecule has 30 heavy (non-hydrogen) atoms. The molecule has 1 atom stereocenters. The molecule has 3 rings (SSSR count). The average Bonchev–Trinajstić information content (AvgIpc) is 2.73. The van der Waals surface area contributed by atoms with Crippen molar-refractivity contribution in [3.63, 3.8) is 0 Å². The molecule has 0 aliphatic carbocycles. The van der Waals surface area contributed by atoms with Gasteiger partial charge in [0.15, 0.2) is 0 Å². The minimum absolute atomic E-state index is 0.277. The lowest BCUT2D eigenvalue weighted by atomic mass is 9.99. The minimum atomic E-state index is -0.692. The second kappa shape index (κ2) is 10.3. The number of hydrogen-bond donors (Lipinski definition) is 1. The van der Waals surface area contributed by atoms with Gasteiger partial charge in [-0.05, 0) is 61.6 Å². The fourth-order valence-corrected chi connectivity index (χ4v) is 4.02. The number of carbonyl (C=O) groups excluding carboxylic acids is 2. The lowest BCUT2D eigenvalue weighted by Crippen LogP contribution is -2.43. The summed E-state index contributed by atoms with van der Waals surface area (Å²) in [6, 6.07) is 13.7. The molecule has 0 spiro atoms. The maximum atomic E-state index is 13.5. The highest BCUT2D eigenvalue weighted by Gasteiger charge is 2.23. The quantitative estimate of drug-likeness (QED) is 0.737. The topological polar surface area (TPSA) is 52.7 Å². The van der Waals surface area contributed by atoms with E-state index < -0.39 is 17.6 Å². The van der Waals surface area contributed by atoms with Gasteiger partial charge < -0.3 is 10.2 Å². The first-order valence-corrected chi connectivity index (χ1v) is 10.6. The van der Waals surface area contributed by atoms with Crippen molar-refractivity contribution in [1.82, 2.24) is 10.2 Å². The highest BCUT2D eigenvalue weighted by atomic mass is 19.1. The molecule has 6 heteroatoms. The largest absolute Gasteiger partial charge is 0.344 e. The molecule has 1 fully saturated rings. The molecule has 1 heterocycles. The van der Waals surface area contributed by atoms with Crippen molar-refractivity contribution in [3.05, 3.63) is 65.5 Å². The van der Waals surface area contributed by atoms with Crippen LogP contribution in [0.25, 0.3) is 0 Å². The van der Waals surface area contributed by atoms with Crippen molar-refractivity contribution in [2.24, 2.45) is 5.92 Å². The smallest absolute Gasteiger partial charge is 0.316 e. The van der Waals surface area contributed by atoms with E-state index in [0.29, 0.717) is 11.6 Å². The van der Waals surface area contributed by atoms with E-state index in [9.17, 15) is 14.0 Å². The summed E-state index contributed by atoms with van der Waals surface area (Å²) in [5.41, 5.74) is 2.54. The van der Waals surface area contributed by atoms with Crippen molar-refractivity contribution in [3.8, 4) is 0 Å². The lowest BCUT2D eigenvalue weighted by Gasteiger charge is -2.31. The number of carbonyl (C=O) groups is 2. The first-order chi connectivity index (χ1) is 14.5. The SMILES string of the molecule is CCN(C(=O)C(=O)NCc1ccccc1CN1CCC[C@@H](C)C1)c1cccc(F)c1. The van der Waals surface area contributed by atoms with Crippen LogP contribution >= 0.6 is 0 Å². The molecule has 1 aliphatic heterocycles. The fraction of sp³-hybridized carbons (Fsp3) is 0.417. The normalized spacial score (nSPS) is 16.8.